The highest BCUT2D eigenvalue weighted by Gasteiger charge is 2.15. The Morgan fingerprint density at radius 3 is 2.79 bits per heavy atom. The highest BCUT2D eigenvalue weighted by Crippen LogP contribution is 2.28. The van der Waals surface area contributed by atoms with Crippen LogP contribution in [0, 0.1) is 0 Å². The summed E-state index contributed by atoms with van der Waals surface area (Å²) >= 11 is 3.14. The molecule has 0 fully saturated rings. The summed E-state index contributed by atoms with van der Waals surface area (Å²) in [5, 5.41) is 8.61. The molecular weight excluding hydrogens is 254 g/mol. The zero-order chi connectivity index (χ0) is 10.1. The molecule has 72 valence electrons. The van der Waals surface area contributed by atoms with Gasteiger partial charge in [-0.3, -0.25) is 0 Å². The molecule has 0 aliphatic rings. The van der Waals surface area contributed by atoms with Gasteiger partial charge in [0.25, 0.3) is 0 Å². The second kappa shape index (κ2) is 3.30. The van der Waals surface area contributed by atoms with Crippen LogP contribution in [0.2, 0.25) is 0 Å². The number of rotatable bonds is 2. The van der Waals surface area contributed by atoms with Crippen molar-refractivity contribution in [1.82, 2.24) is 4.98 Å². The van der Waals surface area contributed by atoms with Crippen LogP contribution in [0.4, 0.5) is 0 Å². The lowest BCUT2D eigenvalue weighted by Gasteiger charge is -1.87. The molecule has 0 bridgehead atoms. The number of aromatic nitrogens is 1. The van der Waals surface area contributed by atoms with Crippen molar-refractivity contribution in [2.45, 2.75) is 0 Å². The minimum Gasteiger partial charge on any atom is -0.476 e. The molecular formula is C8H4BrNO4. The number of aromatic carboxylic acids is 1. The summed E-state index contributed by atoms with van der Waals surface area (Å²) in [6.45, 7) is 0. The molecule has 0 unspecified atom stereocenters. The van der Waals surface area contributed by atoms with Gasteiger partial charge in [-0.05, 0) is 22.0 Å². The number of halogens is 1. The largest absolute Gasteiger partial charge is 0.476 e. The van der Waals surface area contributed by atoms with Gasteiger partial charge in [-0.2, -0.15) is 0 Å². The highest BCUT2D eigenvalue weighted by atomic mass is 79.9. The monoisotopic (exact) mass is 257 g/mol. The molecule has 0 saturated heterocycles. The minimum atomic E-state index is -1.13. The molecule has 2 aromatic rings. The Morgan fingerprint density at radius 2 is 2.29 bits per heavy atom. The lowest BCUT2D eigenvalue weighted by Crippen LogP contribution is -1.95. The lowest BCUT2D eigenvalue weighted by molar-refractivity contribution is 0.0690. The molecule has 5 nitrogen and oxygen atoms in total. The van der Waals surface area contributed by atoms with E-state index in [1.54, 1.807) is 6.07 Å². The van der Waals surface area contributed by atoms with E-state index in [2.05, 4.69) is 20.9 Å². The average Bonchev–Trinajstić information content (AvgIpc) is 2.71. The van der Waals surface area contributed by atoms with Crippen LogP contribution >= 0.6 is 15.9 Å². The summed E-state index contributed by atoms with van der Waals surface area (Å²) in [6.07, 6.45) is 2.53. The molecule has 0 amide bonds. The Kier molecular flexibility index (Phi) is 2.12. The number of oxazole rings is 1. The Balaban J connectivity index is 2.43. The Morgan fingerprint density at radius 1 is 1.50 bits per heavy atom. The Bertz CT molecular complexity index is 473. The van der Waals surface area contributed by atoms with Crippen LogP contribution in [-0.4, -0.2) is 16.1 Å². The van der Waals surface area contributed by atoms with Crippen LogP contribution in [0.1, 0.15) is 10.5 Å². The summed E-state index contributed by atoms with van der Waals surface area (Å²) < 4.78 is 10.4. The molecule has 2 rings (SSSR count). The molecule has 0 aliphatic heterocycles. The van der Waals surface area contributed by atoms with Crippen LogP contribution in [0.5, 0.6) is 0 Å². The number of hydrogen-bond acceptors (Lipinski definition) is 4. The fourth-order valence-electron chi connectivity index (χ4n) is 0.942. The SMILES string of the molecule is O=C(O)c1coc(-c2ccoc2Br)n1. The quantitative estimate of drug-likeness (QED) is 0.894. The van der Waals surface area contributed by atoms with E-state index in [1.807, 2.05) is 0 Å². The molecule has 0 saturated carbocycles. The molecule has 2 heterocycles. The molecule has 0 radical (unpaired) electrons. The molecule has 0 aliphatic carbocycles. The summed E-state index contributed by atoms with van der Waals surface area (Å²) in [7, 11) is 0. The normalized spacial score (nSPS) is 10.4. The van der Waals surface area contributed by atoms with Gasteiger partial charge in [0, 0.05) is 0 Å². The van der Waals surface area contributed by atoms with Gasteiger partial charge in [-0.15, -0.1) is 0 Å². The number of carboxylic acids is 1. The first kappa shape index (κ1) is 9.01. The smallest absolute Gasteiger partial charge is 0.357 e. The third-order valence-electron chi connectivity index (χ3n) is 1.57. The summed E-state index contributed by atoms with van der Waals surface area (Å²) in [6, 6.07) is 1.63. The first-order chi connectivity index (χ1) is 6.68. The maximum absolute atomic E-state index is 10.5. The fraction of sp³-hybridized carbons (Fsp3) is 0. The van der Waals surface area contributed by atoms with E-state index in [4.69, 9.17) is 13.9 Å². The molecule has 0 atom stereocenters. The van der Waals surface area contributed by atoms with Gasteiger partial charge in [-0.1, -0.05) is 0 Å². The summed E-state index contributed by atoms with van der Waals surface area (Å²) in [5.74, 6) is -0.914. The number of furan rings is 1. The fourth-order valence-corrected chi connectivity index (χ4v) is 1.35. The first-order valence-corrected chi connectivity index (χ1v) is 4.40. The minimum absolute atomic E-state index is 0.131. The second-order valence-electron chi connectivity index (χ2n) is 2.45. The molecule has 6 heteroatoms. The van der Waals surface area contributed by atoms with E-state index in [1.165, 1.54) is 6.26 Å². The Labute approximate surface area is 86.5 Å². The van der Waals surface area contributed by atoms with E-state index in [9.17, 15) is 4.79 Å². The zero-order valence-corrected chi connectivity index (χ0v) is 8.32. The topological polar surface area (TPSA) is 76.5 Å². The number of nitrogens with zero attached hydrogens (tertiary/aromatic N) is 1. The maximum atomic E-state index is 10.5. The first-order valence-electron chi connectivity index (χ1n) is 3.60. The van der Waals surface area contributed by atoms with Gasteiger partial charge in [0.2, 0.25) is 5.89 Å². The van der Waals surface area contributed by atoms with Gasteiger partial charge in [0.15, 0.2) is 10.4 Å². The predicted molar refractivity (Wildman–Crippen MR) is 48.9 cm³/mol. The molecule has 14 heavy (non-hydrogen) atoms. The molecule has 1 N–H and O–H groups in total. The summed E-state index contributed by atoms with van der Waals surface area (Å²) in [4.78, 5) is 14.3. The number of hydrogen-bond donors (Lipinski definition) is 1. The molecule has 0 spiro atoms. The van der Waals surface area contributed by atoms with Crippen LogP contribution in [0.25, 0.3) is 11.5 Å². The Hall–Kier alpha value is -1.56. The van der Waals surface area contributed by atoms with E-state index in [0.717, 1.165) is 6.26 Å². The number of carbonyl (C=O) groups is 1. The standard InChI is InChI=1S/C8H4BrNO4/c9-6-4(1-2-13-6)7-10-5(3-14-7)8(11)12/h1-3H,(H,11,12). The van der Waals surface area contributed by atoms with Crippen molar-refractivity contribution >= 4 is 21.9 Å². The zero-order valence-electron chi connectivity index (χ0n) is 6.73. The predicted octanol–water partition coefficient (Wildman–Crippen LogP) is 2.40. The second-order valence-corrected chi connectivity index (χ2v) is 3.17. The van der Waals surface area contributed by atoms with Crippen LogP contribution in [0.3, 0.4) is 0 Å². The van der Waals surface area contributed by atoms with Gasteiger partial charge < -0.3 is 13.9 Å². The van der Waals surface area contributed by atoms with Crippen molar-refractivity contribution in [2.24, 2.45) is 0 Å². The third-order valence-corrected chi connectivity index (χ3v) is 2.19. The van der Waals surface area contributed by atoms with Crippen molar-refractivity contribution in [3.8, 4) is 11.5 Å². The maximum Gasteiger partial charge on any atom is 0.357 e. The van der Waals surface area contributed by atoms with E-state index in [0.29, 0.717) is 10.2 Å². The van der Waals surface area contributed by atoms with Crippen molar-refractivity contribution in [3.63, 3.8) is 0 Å². The summed E-state index contributed by atoms with van der Waals surface area (Å²) in [5.41, 5.74) is 0.450. The van der Waals surface area contributed by atoms with Gasteiger partial charge in [-0.25, -0.2) is 9.78 Å². The van der Waals surface area contributed by atoms with E-state index in [-0.39, 0.29) is 11.6 Å². The van der Waals surface area contributed by atoms with Crippen LogP contribution in [0.15, 0.2) is 32.1 Å². The third kappa shape index (κ3) is 1.44. The van der Waals surface area contributed by atoms with Gasteiger partial charge >= 0.3 is 5.97 Å². The number of carboxylic acid groups (broad SMARTS) is 1. The van der Waals surface area contributed by atoms with Crippen molar-refractivity contribution in [3.05, 3.63) is 29.0 Å². The van der Waals surface area contributed by atoms with E-state index < -0.39 is 5.97 Å². The lowest BCUT2D eigenvalue weighted by atomic mass is 10.3. The van der Waals surface area contributed by atoms with Gasteiger partial charge in [0.1, 0.15) is 6.26 Å². The van der Waals surface area contributed by atoms with Crippen LogP contribution in [-0.2, 0) is 0 Å². The van der Waals surface area contributed by atoms with Crippen molar-refractivity contribution in [2.75, 3.05) is 0 Å². The van der Waals surface area contributed by atoms with E-state index >= 15 is 0 Å². The van der Waals surface area contributed by atoms with Gasteiger partial charge in [0.05, 0.1) is 11.8 Å². The molecule has 2 aromatic heterocycles. The van der Waals surface area contributed by atoms with Crippen LogP contribution < -0.4 is 0 Å². The van der Waals surface area contributed by atoms with Crippen molar-refractivity contribution in [1.29, 1.82) is 0 Å². The molecule has 0 aromatic carbocycles. The average molecular weight is 258 g/mol. The van der Waals surface area contributed by atoms with Crippen molar-refractivity contribution < 1.29 is 18.7 Å². The highest BCUT2D eigenvalue weighted by molar-refractivity contribution is 9.10.